The third-order valence-electron chi connectivity index (χ3n) is 4.09. The minimum absolute atomic E-state index is 0.239. The Hall–Kier alpha value is -0.150. The first-order chi connectivity index (χ1) is 7.38. The van der Waals surface area contributed by atoms with Gasteiger partial charge in [-0.05, 0) is 40.5 Å². The zero-order chi connectivity index (χ0) is 11.9. The third-order valence-corrected chi connectivity index (χ3v) is 4.09. The fourth-order valence-corrected chi connectivity index (χ4v) is 3.28. The summed E-state index contributed by atoms with van der Waals surface area (Å²) in [5, 5.41) is 0. The van der Waals surface area contributed by atoms with E-state index in [4.69, 9.17) is 0 Å². The van der Waals surface area contributed by atoms with E-state index in [1.54, 1.807) is 0 Å². The normalized spacial score (nSPS) is 38.4. The molecule has 2 nitrogen and oxygen atoms in total. The van der Waals surface area contributed by atoms with Crippen molar-refractivity contribution in [3.8, 4) is 0 Å². The van der Waals surface area contributed by atoms with Gasteiger partial charge in [0.05, 0.1) is 0 Å². The molecular formula is C13H25FN2. The van der Waals surface area contributed by atoms with E-state index in [-0.39, 0.29) is 5.54 Å². The topological polar surface area (TPSA) is 6.48 Å². The van der Waals surface area contributed by atoms with Gasteiger partial charge in [-0.15, -0.1) is 0 Å². The van der Waals surface area contributed by atoms with Crippen LogP contribution in [0.5, 0.6) is 0 Å². The first-order valence-electron chi connectivity index (χ1n) is 6.53. The lowest BCUT2D eigenvalue weighted by atomic mass is 10.1. The van der Waals surface area contributed by atoms with Gasteiger partial charge >= 0.3 is 0 Å². The predicted molar refractivity (Wildman–Crippen MR) is 65.4 cm³/mol. The van der Waals surface area contributed by atoms with Gasteiger partial charge in [0, 0.05) is 37.3 Å². The maximum Gasteiger partial charge on any atom is 0.114 e. The van der Waals surface area contributed by atoms with Gasteiger partial charge in [-0.25, -0.2) is 4.39 Å². The highest BCUT2D eigenvalue weighted by Gasteiger charge is 2.39. The highest BCUT2D eigenvalue weighted by Crippen LogP contribution is 2.30. The maximum absolute atomic E-state index is 13.2. The van der Waals surface area contributed by atoms with Crippen LogP contribution in [0.25, 0.3) is 0 Å². The molecule has 3 atom stereocenters. The van der Waals surface area contributed by atoms with Crippen LogP contribution in [-0.4, -0.2) is 53.2 Å². The van der Waals surface area contributed by atoms with Crippen LogP contribution >= 0.6 is 0 Å². The van der Waals surface area contributed by atoms with Crippen molar-refractivity contribution in [2.75, 3.05) is 19.6 Å². The Bertz CT molecular complexity index is 249. The molecule has 0 aromatic carbocycles. The first kappa shape index (κ1) is 12.3. The summed E-state index contributed by atoms with van der Waals surface area (Å²) in [6.07, 6.45) is 1.35. The van der Waals surface area contributed by atoms with Crippen molar-refractivity contribution >= 4 is 0 Å². The second kappa shape index (κ2) is 4.26. The van der Waals surface area contributed by atoms with Crippen LogP contribution in [0.2, 0.25) is 0 Å². The molecule has 0 aromatic heterocycles. The van der Waals surface area contributed by atoms with Crippen molar-refractivity contribution in [1.82, 2.24) is 9.80 Å². The largest absolute Gasteiger partial charge is 0.296 e. The number of hydrogen-bond donors (Lipinski definition) is 0. The molecule has 0 spiro atoms. The van der Waals surface area contributed by atoms with Gasteiger partial charge in [-0.2, -0.15) is 0 Å². The average Bonchev–Trinajstić information content (AvgIpc) is 2.70. The molecule has 0 N–H and O–H groups in total. The van der Waals surface area contributed by atoms with Crippen LogP contribution in [0.1, 0.15) is 40.5 Å². The van der Waals surface area contributed by atoms with Crippen molar-refractivity contribution < 1.29 is 4.39 Å². The van der Waals surface area contributed by atoms with Crippen LogP contribution in [-0.2, 0) is 0 Å². The lowest BCUT2D eigenvalue weighted by Gasteiger charge is -2.35. The van der Waals surface area contributed by atoms with E-state index in [0.717, 1.165) is 19.5 Å². The van der Waals surface area contributed by atoms with Gasteiger partial charge in [-0.3, -0.25) is 9.80 Å². The third kappa shape index (κ3) is 2.40. The molecular weight excluding hydrogens is 203 g/mol. The lowest BCUT2D eigenvalue weighted by molar-refractivity contribution is 0.120. The highest BCUT2D eigenvalue weighted by atomic mass is 19.1. The zero-order valence-electron chi connectivity index (χ0n) is 11.0. The second-order valence-electron chi connectivity index (χ2n) is 6.44. The molecule has 3 heteroatoms. The molecule has 0 aliphatic carbocycles. The SMILES string of the molecule is CC1CC(N2CCC(F)C2)CN1C(C)(C)C. The fraction of sp³-hybridized carbons (Fsp3) is 1.00. The Morgan fingerprint density at radius 1 is 1.19 bits per heavy atom. The molecule has 0 bridgehead atoms. The van der Waals surface area contributed by atoms with E-state index in [2.05, 4.69) is 37.5 Å². The Morgan fingerprint density at radius 2 is 1.88 bits per heavy atom. The van der Waals surface area contributed by atoms with Crippen molar-refractivity contribution in [3.63, 3.8) is 0 Å². The maximum atomic E-state index is 13.2. The molecule has 2 rings (SSSR count). The summed E-state index contributed by atoms with van der Waals surface area (Å²) in [6, 6.07) is 1.21. The molecule has 2 heterocycles. The van der Waals surface area contributed by atoms with E-state index in [1.165, 1.54) is 6.42 Å². The molecule has 2 aliphatic heterocycles. The number of rotatable bonds is 1. The van der Waals surface area contributed by atoms with Gasteiger partial charge in [-0.1, -0.05) is 0 Å². The van der Waals surface area contributed by atoms with Gasteiger partial charge in [0.2, 0.25) is 0 Å². The Kier molecular flexibility index (Phi) is 3.28. The molecule has 2 saturated heterocycles. The number of nitrogens with zero attached hydrogens (tertiary/aromatic N) is 2. The first-order valence-corrected chi connectivity index (χ1v) is 6.53. The summed E-state index contributed by atoms with van der Waals surface area (Å²) >= 11 is 0. The lowest BCUT2D eigenvalue weighted by Crippen LogP contribution is -2.45. The molecule has 2 aliphatic rings. The van der Waals surface area contributed by atoms with Crippen molar-refractivity contribution in [3.05, 3.63) is 0 Å². The van der Waals surface area contributed by atoms with Crippen molar-refractivity contribution in [2.45, 2.75) is 64.3 Å². The molecule has 0 saturated carbocycles. The van der Waals surface area contributed by atoms with Gasteiger partial charge in [0.15, 0.2) is 0 Å². The minimum Gasteiger partial charge on any atom is -0.296 e. The van der Waals surface area contributed by atoms with Crippen LogP contribution in [0.4, 0.5) is 4.39 Å². The second-order valence-corrected chi connectivity index (χ2v) is 6.44. The van der Waals surface area contributed by atoms with Crippen LogP contribution < -0.4 is 0 Å². The standard InChI is InChI=1S/C13H25FN2/c1-10-7-12(9-16(10)13(2,3)4)15-6-5-11(14)8-15/h10-12H,5-9H2,1-4H3. The predicted octanol–water partition coefficient (Wildman–Crippen LogP) is 2.29. The molecule has 16 heavy (non-hydrogen) atoms. The van der Waals surface area contributed by atoms with Gasteiger partial charge in [0.1, 0.15) is 6.17 Å². The van der Waals surface area contributed by atoms with Gasteiger partial charge in [0.25, 0.3) is 0 Å². The van der Waals surface area contributed by atoms with E-state index in [0.29, 0.717) is 18.6 Å². The highest BCUT2D eigenvalue weighted by molar-refractivity contribution is 4.96. The fourth-order valence-electron chi connectivity index (χ4n) is 3.28. The van der Waals surface area contributed by atoms with Crippen molar-refractivity contribution in [2.24, 2.45) is 0 Å². The number of halogens is 1. The van der Waals surface area contributed by atoms with E-state index in [1.807, 2.05) is 0 Å². The summed E-state index contributed by atoms with van der Waals surface area (Å²) in [5.41, 5.74) is 0.239. The monoisotopic (exact) mass is 228 g/mol. The summed E-state index contributed by atoms with van der Waals surface area (Å²) in [4.78, 5) is 4.91. The Morgan fingerprint density at radius 3 is 2.31 bits per heavy atom. The molecule has 0 amide bonds. The Balaban J connectivity index is 1.96. The quantitative estimate of drug-likeness (QED) is 0.679. The molecule has 3 unspecified atom stereocenters. The van der Waals surface area contributed by atoms with E-state index >= 15 is 0 Å². The minimum atomic E-state index is -0.584. The number of alkyl halides is 1. The molecule has 0 aromatic rings. The number of likely N-dealkylation sites (tertiary alicyclic amines) is 2. The summed E-state index contributed by atoms with van der Waals surface area (Å²) in [7, 11) is 0. The number of hydrogen-bond acceptors (Lipinski definition) is 2. The van der Waals surface area contributed by atoms with Crippen LogP contribution in [0.3, 0.4) is 0 Å². The van der Waals surface area contributed by atoms with E-state index < -0.39 is 6.17 Å². The van der Waals surface area contributed by atoms with Crippen LogP contribution in [0, 0.1) is 0 Å². The molecule has 2 fully saturated rings. The average molecular weight is 228 g/mol. The summed E-state index contributed by atoms with van der Waals surface area (Å²) < 4.78 is 13.2. The molecule has 94 valence electrons. The smallest absolute Gasteiger partial charge is 0.114 e. The molecule has 0 radical (unpaired) electrons. The summed E-state index contributed by atoms with van der Waals surface area (Å²) in [5.74, 6) is 0. The van der Waals surface area contributed by atoms with Crippen molar-refractivity contribution in [1.29, 1.82) is 0 Å². The summed E-state index contributed by atoms with van der Waals surface area (Å²) in [6.45, 7) is 11.8. The Labute approximate surface area is 98.8 Å². The van der Waals surface area contributed by atoms with E-state index in [9.17, 15) is 4.39 Å². The van der Waals surface area contributed by atoms with Crippen LogP contribution in [0.15, 0.2) is 0 Å². The zero-order valence-corrected chi connectivity index (χ0v) is 11.0. The van der Waals surface area contributed by atoms with Gasteiger partial charge < -0.3 is 0 Å².